The number of nitrogens with one attached hydrogen (secondary N) is 1. The van der Waals surface area contributed by atoms with Gasteiger partial charge in [-0.2, -0.15) is 0 Å². The number of halogens is 1. The highest BCUT2D eigenvalue weighted by Crippen LogP contribution is 2.31. The second-order valence-electron chi connectivity index (χ2n) is 4.30. The second kappa shape index (κ2) is 4.44. The largest absolute Gasteiger partial charge is 0.381 e. The first-order chi connectivity index (χ1) is 8.24. The van der Waals surface area contributed by atoms with Gasteiger partial charge in [0.25, 0.3) is 0 Å². The van der Waals surface area contributed by atoms with Crippen LogP contribution in [0.3, 0.4) is 0 Å². The fourth-order valence-electron chi connectivity index (χ4n) is 2.01. The lowest BCUT2D eigenvalue weighted by molar-refractivity contribution is 0.0329. The number of hydrogen-bond acceptors (Lipinski definition) is 4. The molecular weight excluding hydrogens is 256 g/mol. The Morgan fingerprint density at radius 2 is 2.29 bits per heavy atom. The number of hydrogen-bond donors (Lipinski definition) is 1. The molecule has 17 heavy (non-hydrogen) atoms. The van der Waals surface area contributed by atoms with Gasteiger partial charge in [-0.1, -0.05) is 22.9 Å². The molecule has 3 nitrogen and oxygen atoms in total. The number of rotatable bonds is 3. The van der Waals surface area contributed by atoms with E-state index in [4.69, 9.17) is 16.3 Å². The molecule has 0 spiro atoms. The van der Waals surface area contributed by atoms with Crippen molar-refractivity contribution in [3.05, 3.63) is 23.2 Å². The van der Waals surface area contributed by atoms with Crippen molar-refractivity contribution in [2.75, 3.05) is 12.4 Å². The fraction of sp³-hybridized carbons (Fsp3) is 0.417. The number of nitrogens with zero attached hydrogens (tertiary/aromatic N) is 1. The average molecular weight is 269 g/mol. The van der Waals surface area contributed by atoms with Gasteiger partial charge in [0, 0.05) is 18.2 Å². The zero-order valence-electron chi connectivity index (χ0n) is 9.44. The molecule has 0 amide bonds. The molecule has 1 N–H and O–H groups in total. The quantitative estimate of drug-likeness (QED) is 0.925. The maximum absolute atomic E-state index is 5.94. The molecule has 1 fully saturated rings. The van der Waals surface area contributed by atoms with E-state index in [0.717, 1.165) is 28.5 Å². The van der Waals surface area contributed by atoms with E-state index in [9.17, 15) is 0 Å². The predicted molar refractivity (Wildman–Crippen MR) is 72.1 cm³/mol. The minimum atomic E-state index is 0.413. The first-order valence-electron chi connectivity index (χ1n) is 5.60. The van der Waals surface area contributed by atoms with Crippen LogP contribution < -0.4 is 5.32 Å². The first-order valence-corrected chi connectivity index (χ1v) is 6.79. The highest BCUT2D eigenvalue weighted by molar-refractivity contribution is 7.22. The Bertz CT molecular complexity index is 536. The number of anilines is 1. The summed E-state index contributed by atoms with van der Waals surface area (Å²) in [6, 6.07) is 6.31. The average Bonchev–Trinajstić information content (AvgIpc) is 2.64. The van der Waals surface area contributed by atoms with E-state index in [0.29, 0.717) is 12.1 Å². The van der Waals surface area contributed by atoms with Crippen molar-refractivity contribution in [1.29, 1.82) is 0 Å². The van der Waals surface area contributed by atoms with Crippen LogP contribution >= 0.6 is 22.9 Å². The molecule has 1 aliphatic carbocycles. The lowest BCUT2D eigenvalue weighted by Gasteiger charge is -2.34. The molecule has 90 valence electrons. The molecular formula is C12H13ClN2OS. The molecule has 5 heteroatoms. The molecule has 0 saturated heterocycles. The Morgan fingerprint density at radius 1 is 1.47 bits per heavy atom. The molecule has 3 rings (SSSR count). The maximum atomic E-state index is 5.94. The van der Waals surface area contributed by atoms with Gasteiger partial charge in [0.15, 0.2) is 5.13 Å². The monoisotopic (exact) mass is 268 g/mol. The van der Waals surface area contributed by atoms with Gasteiger partial charge in [0.1, 0.15) is 0 Å². The van der Waals surface area contributed by atoms with Gasteiger partial charge in [-0.15, -0.1) is 0 Å². The summed E-state index contributed by atoms with van der Waals surface area (Å²) >= 11 is 7.61. The van der Waals surface area contributed by atoms with Crippen molar-refractivity contribution >= 4 is 38.3 Å². The summed E-state index contributed by atoms with van der Waals surface area (Å²) in [7, 11) is 1.76. The van der Waals surface area contributed by atoms with E-state index >= 15 is 0 Å². The number of thiazole rings is 1. The Hall–Kier alpha value is -0.840. The Kier molecular flexibility index (Phi) is 2.94. The summed E-state index contributed by atoms with van der Waals surface area (Å²) in [5.41, 5.74) is 0.965. The second-order valence-corrected chi connectivity index (χ2v) is 5.77. The van der Waals surface area contributed by atoms with Crippen LogP contribution in [0.1, 0.15) is 12.8 Å². The number of fused-ring (bicyclic) bond motifs is 1. The van der Waals surface area contributed by atoms with E-state index in [1.807, 2.05) is 18.2 Å². The van der Waals surface area contributed by atoms with Crippen LogP contribution in [0.4, 0.5) is 5.13 Å². The lowest BCUT2D eigenvalue weighted by atomic mass is 9.89. The Balaban J connectivity index is 1.73. The smallest absolute Gasteiger partial charge is 0.184 e. The van der Waals surface area contributed by atoms with Crippen molar-refractivity contribution in [2.45, 2.75) is 25.0 Å². The zero-order chi connectivity index (χ0) is 11.8. The summed E-state index contributed by atoms with van der Waals surface area (Å²) < 4.78 is 6.42. The minimum Gasteiger partial charge on any atom is -0.381 e. The van der Waals surface area contributed by atoms with Crippen LogP contribution in [0.15, 0.2) is 18.2 Å². The van der Waals surface area contributed by atoms with Crippen molar-refractivity contribution < 1.29 is 4.74 Å². The molecule has 0 bridgehead atoms. The van der Waals surface area contributed by atoms with Crippen molar-refractivity contribution in [1.82, 2.24) is 4.98 Å². The Labute approximate surface area is 109 Å². The standard InChI is InChI=1S/C12H13ClN2OS/c1-16-9-5-8(6-9)14-12-15-10-4-7(13)2-3-11(10)17-12/h2-4,8-9H,5-6H2,1H3,(H,14,15). The molecule has 1 aromatic carbocycles. The van der Waals surface area contributed by atoms with Crippen LogP contribution in [-0.2, 0) is 4.74 Å². The normalized spacial score (nSPS) is 23.6. The topological polar surface area (TPSA) is 34.1 Å². The molecule has 2 aromatic rings. The van der Waals surface area contributed by atoms with Crippen LogP contribution in [0, 0.1) is 0 Å². The van der Waals surface area contributed by atoms with Gasteiger partial charge in [-0.25, -0.2) is 4.98 Å². The van der Waals surface area contributed by atoms with Gasteiger partial charge in [-0.3, -0.25) is 0 Å². The van der Waals surface area contributed by atoms with Crippen molar-refractivity contribution in [3.8, 4) is 0 Å². The van der Waals surface area contributed by atoms with Crippen LogP contribution in [0.2, 0.25) is 5.02 Å². The van der Waals surface area contributed by atoms with Gasteiger partial charge in [0.2, 0.25) is 0 Å². The van der Waals surface area contributed by atoms with E-state index in [1.165, 1.54) is 4.70 Å². The number of ether oxygens (including phenoxy) is 1. The molecule has 0 unspecified atom stereocenters. The van der Waals surface area contributed by atoms with Crippen molar-refractivity contribution in [3.63, 3.8) is 0 Å². The summed E-state index contributed by atoms with van der Waals surface area (Å²) in [6.45, 7) is 0. The van der Waals surface area contributed by atoms with E-state index in [-0.39, 0.29) is 0 Å². The summed E-state index contributed by atoms with van der Waals surface area (Å²) in [5, 5.41) is 5.14. The maximum Gasteiger partial charge on any atom is 0.184 e. The Morgan fingerprint density at radius 3 is 3.06 bits per heavy atom. The van der Waals surface area contributed by atoms with E-state index in [1.54, 1.807) is 18.4 Å². The third kappa shape index (κ3) is 2.25. The molecule has 1 heterocycles. The lowest BCUT2D eigenvalue weighted by Crippen LogP contribution is -2.40. The van der Waals surface area contributed by atoms with Crippen molar-refractivity contribution in [2.24, 2.45) is 0 Å². The highest BCUT2D eigenvalue weighted by Gasteiger charge is 2.29. The molecule has 0 atom stereocenters. The molecule has 0 aliphatic heterocycles. The van der Waals surface area contributed by atoms with Crippen LogP contribution in [0.25, 0.3) is 10.2 Å². The van der Waals surface area contributed by atoms with E-state index < -0.39 is 0 Å². The first kappa shape index (κ1) is 11.3. The number of aromatic nitrogens is 1. The minimum absolute atomic E-state index is 0.413. The molecule has 1 aromatic heterocycles. The van der Waals surface area contributed by atoms with Crippen LogP contribution in [0.5, 0.6) is 0 Å². The third-order valence-electron chi connectivity index (χ3n) is 3.11. The van der Waals surface area contributed by atoms with Crippen LogP contribution in [-0.4, -0.2) is 24.2 Å². The summed E-state index contributed by atoms with van der Waals surface area (Å²) in [6.07, 6.45) is 2.54. The summed E-state index contributed by atoms with van der Waals surface area (Å²) in [4.78, 5) is 4.53. The fourth-order valence-corrected chi connectivity index (χ4v) is 3.10. The number of methoxy groups -OCH3 is 1. The van der Waals surface area contributed by atoms with Gasteiger partial charge in [-0.05, 0) is 31.0 Å². The van der Waals surface area contributed by atoms with Gasteiger partial charge in [0.05, 0.1) is 16.3 Å². The predicted octanol–water partition coefficient (Wildman–Crippen LogP) is 3.54. The number of benzene rings is 1. The third-order valence-corrected chi connectivity index (χ3v) is 4.31. The molecule has 1 saturated carbocycles. The molecule has 0 radical (unpaired) electrons. The highest BCUT2D eigenvalue weighted by atomic mass is 35.5. The summed E-state index contributed by atoms with van der Waals surface area (Å²) in [5.74, 6) is 0. The van der Waals surface area contributed by atoms with Gasteiger partial charge < -0.3 is 10.1 Å². The zero-order valence-corrected chi connectivity index (χ0v) is 11.0. The van der Waals surface area contributed by atoms with Gasteiger partial charge >= 0.3 is 0 Å². The molecule has 1 aliphatic rings. The SMILES string of the molecule is COC1CC(Nc2nc3cc(Cl)ccc3s2)C1. The van der Waals surface area contributed by atoms with E-state index in [2.05, 4.69) is 10.3 Å².